The first-order valence-electron chi connectivity index (χ1n) is 8.60. The summed E-state index contributed by atoms with van der Waals surface area (Å²) in [4.78, 5) is 30.7. The van der Waals surface area contributed by atoms with Crippen molar-refractivity contribution in [1.29, 1.82) is 0 Å². The van der Waals surface area contributed by atoms with Crippen LogP contribution in [0.1, 0.15) is 59.8 Å². The van der Waals surface area contributed by atoms with E-state index in [-0.39, 0.29) is 5.78 Å². The number of fused-ring (bicyclic) bond motifs is 1. The molecule has 0 saturated heterocycles. The molecule has 0 unspecified atom stereocenters. The highest BCUT2D eigenvalue weighted by atomic mass is 32.2. The van der Waals surface area contributed by atoms with Gasteiger partial charge in [-0.1, -0.05) is 0 Å². The lowest BCUT2D eigenvalue weighted by atomic mass is 10.1. The van der Waals surface area contributed by atoms with Crippen molar-refractivity contribution in [3.8, 4) is 17.3 Å². The predicted molar refractivity (Wildman–Crippen MR) is 95.3 cm³/mol. The molecule has 2 aliphatic carbocycles. The van der Waals surface area contributed by atoms with Gasteiger partial charge in [-0.05, 0) is 38.4 Å². The van der Waals surface area contributed by atoms with Crippen molar-refractivity contribution >= 4 is 17.5 Å². The molecule has 2 aromatic heterocycles. The van der Waals surface area contributed by atoms with Crippen molar-refractivity contribution in [1.82, 2.24) is 19.9 Å². The van der Waals surface area contributed by atoms with Gasteiger partial charge < -0.3 is 4.74 Å². The molecule has 2 aliphatic rings. The summed E-state index contributed by atoms with van der Waals surface area (Å²) in [5.74, 6) is 1.66. The van der Waals surface area contributed by atoms with Gasteiger partial charge in [-0.15, -0.1) is 11.8 Å². The Morgan fingerprint density at radius 2 is 1.92 bits per heavy atom. The second-order valence-electron chi connectivity index (χ2n) is 6.43. The molecule has 0 aliphatic heterocycles. The summed E-state index contributed by atoms with van der Waals surface area (Å²) in [7, 11) is 1.60. The zero-order valence-corrected chi connectivity index (χ0v) is 15.2. The van der Waals surface area contributed by atoms with Crippen molar-refractivity contribution in [2.75, 3.05) is 13.4 Å². The average Bonchev–Trinajstić information content (AvgIpc) is 3.48. The molecule has 0 bridgehead atoms. The van der Waals surface area contributed by atoms with E-state index >= 15 is 0 Å². The molecule has 1 saturated carbocycles. The van der Waals surface area contributed by atoms with E-state index in [0.717, 1.165) is 54.1 Å². The number of methoxy groups -OCH3 is 1. The standard InChI is InChI=1S/C18H20N4O2S/c1-24-17-14(15(10-7-8-10)19-9-20-17)16-21-11-5-3-4-6-12(23)13(11)18(22-16)25-2/h9-10H,3-8H2,1-2H3. The van der Waals surface area contributed by atoms with Crippen LogP contribution >= 0.6 is 11.8 Å². The lowest BCUT2D eigenvalue weighted by molar-refractivity contribution is 0.0978. The number of thioether (sulfide) groups is 1. The molecule has 2 aromatic rings. The Balaban J connectivity index is 1.93. The summed E-state index contributed by atoms with van der Waals surface area (Å²) in [5.41, 5.74) is 3.29. The fourth-order valence-corrected chi connectivity index (χ4v) is 3.93. The van der Waals surface area contributed by atoms with Gasteiger partial charge in [0, 0.05) is 12.3 Å². The third-order valence-corrected chi connectivity index (χ3v) is 5.40. The van der Waals surface area contributed by atoms with E-state index in [1.165, 1.54) is 11.8 Å². The Labute approximate surface area is 150 Å². The third-order valence-electron chi connectivity index (χ3n) is 4.71. The van der Waals surface area contributed by atoms with Crippen LogP contribution in [-0.4, -0.2) is 39.1 Å². The zero-order valence-electron chi connectivity index (χ0n) is 14.4. The minimum atomic E-state index is 0.155. The van der Waals surface area contributed by atoms with Gasteiger partial charge in [-0.3, -0.25) is 4.79 Å². The first-order chi connectivity index (χ1) is 12.2. The molecule has 1 fully saturated rings. The van der Waals surface area contributed by atoms with Gasteiger partial charge in [-0.2, -0.15) is 0 Å². The van der Waals surface area contributed by atoms with Crippen LogP contribution in [0.3, 0.4) is 0 Å². The molecule has 0 atom stereocenters. The number of carbonyl (C=O) groups is 1. The van der Waals surface area contributed by atoms with E-state index in [4.69, 9.17) is 14.7 Å². The Hall–Kier alpha value is -2.02. The van der Waals surface area contributed by atoms with Crippen LogP contribution in [-0.2, 0) is 6.42 Å². The highest BCUT2D eigenvalue weighted by Gasteiger charge is 2.32. The molecule has 25 heavy (non-hydrogen) atoms. The maximum Gasteiger partial charge on any atom is 0.227 e. The molecule has 130 valence electrons. The van der Waals surface area contributed by atoms with Crippen molar-refractivity contribution in [2.45, 2.75) is 49.5 Å². The van der Waals surface area contributed by atoms with Gasteiger partial charge in [0.25, 0.3) is 0 Å². The first-order valence-corrected chi connectivity index (χ1v) is 9.82. The molecule has 0 radical (unpaired) electrons. The summed E-state index contributed by atoms with van der Waals surface area (Å²) in [5, 5.41) is 0.750. The quantitative estimate of drug-likeness (QED) is 0.471. The van der Waals surface area contributed by atoms with Crippen molar-refractivity contribution in [3.63, 3.8) is 0 Å². The fourth-order valence-electron chi connectivity index (χ4n) is 3.32. The molecule has 4 rings (SSSR count). The minimum Gasteiger partial charge on any atom is -0.480 e. The number of carbonyl (C=O) groups excluding carboxylic acids is 1. The predicted octanol–water partition coefficient (Wildman–Crippen LogP) is 3.45. The lowest BCUT2D eigenvalue weighted by Crippen LogP contribution is -2.10. The van der Waals surface area contributed by atoms with E-state index in [1.807, 2.05) is 6.26 Å². The largest absolute Gasteiger partial charge is 0.480 e. The second-order valence-corrected chi connectivity index (χ2v) is 7.22. The monoisotopic (exact) mass is 356 g/mol. The highest BCUT2D eigenvalue weighted by Crippen LogP contribution is 2.45. The van der Waals surface area contributed by atoms with Crippen LogP contribution in [0.2, 0.25) is 0 Å². The highest BCUT2D eigenvalue weighted by molar-refractivity contribution is 7.98. The number of aromatic nitrogens is 4. The van der Waals surface area contributed by atoms with E-state index in [9.17, 15) is 4.79 Å². The topological polar surface area (TPSA) is 77.9 Å². The number of ketones is 1. The van der Waals surface area contributed by atoms with E-state index < -0.39 is 0 Å². The summed E-state index contributed by atoms with van der Waals surface area (Å²) >= 11 is 1.50. The van der Waals surface area contributed by atoms with Crippen LogP contribution in [0, 0.1) is 0 Å². The number of nitrogens with zero attached hydrogens (tertiary/aromatic N) is 4. The molecule has 0 aromatic carbocycles. The molecule has 7 heteroatoms. The van der Waals surface area contributed by atoms with Gasteiger partial charge in [0.15, 0.2) is 11.6 Å². The number of rotatable bonds is 4. The van der Waals surface area contributed by atoms with Gasteiger partial charge in [0.1, 0.15) is 16.9 Å². The van der Waals surface area contributed by atoms with Gasteiger partial charge in [0.2, 0.25) is 5.88 Å². The number of aryl methyl sites for hydroxylation is 1. The first kappa shape index (κ1) is 16.4. The van der Waals surface area contributed by atoms with E-state index in [2.05, 4.69) is 9.97 Å². The van der Waals surface area contributed by atoms with Crippen molar-refractivity contribution in [2.24, 2.45) is 0 Å². The number of Topliss-reactive ketones (excluding diaryl/α,β-unsaturated/α-hetero) is 1. The Morgan fingerprint density at radius 3 is 2.64 bits per heavy atom. The number of ether oxygens (including phenoxy) is 1. The molecule has 2 heterocycles. The van der Waals surface area contributed by atoms with Gasteiger partial charge in [0.05, 0.1) is 24.1 Å². The van der Waals surface area contributed by atoms with Crippen LogP contribution < -0.4 is 4.74 Å². The average molecular weight is 356 g/mol. The Bertz CT molecular complexity index is 836. The number of hydrogen-bond acceptors (Lipinski definition) is 7. The Morgan fingerprint density at radius 1 is 1.12 bits per heavy atom. The molecular weight excluding hydrogens is 336 g/mol. The summed E-state index contributed by atoms with van der Waals surface area (Å²) in [6.45, 7) is 0. The van der Waals surface area contributed by atoms with Crippen LogP contribution in [0.25, 0.3) is 11.4 Å². The molecule has 0 amide bonds. The zero-order chi connectivity index (χ0) is 17.4. The van der Waals surface area contributed by atoms with Gasteiger partial charge >= 0.3 is 0 Å². The number of hydrogen-bond donors (Lipinski definition) is 0. The minimum absolute atomic E-state index is 0.155. The normalized spacial score (nSPS) is 17.1. The van der Waals surface area contributed by atoms with Crippen LogP contribution in [0.15, 0.2) is 11.4 Å². The molecule has 6 nitrogen and oxygen atoms in total. The van der Waals surface area contributed by atoms with Crippen molar-refractivity contribution in [3.05, 3.63) is 23.3 Å². The third kappa shape index (κ3) is 3.01. The smallest absolute Gasteiger partial charge is 0.227 e. The Kier molecular flexibility index (Phi) is 4.41. The molecule has 0 spiro atoms. The van der Waals surface area contributed by atoms with E-state index in [1.54, 1.807) is 13.4 Å². The van der Waals surface area contributed by atoms with Crippen LogP contribution in [0.4, 0.5) is 0 Å². The van der Waals surface area contributed by atoms with E-state index in [0.29, 0.717) is 29.6 Å². The summed E-state index contributed by atoms with van der Waals surface area (Å²) < 4.78 is 5.48. The van der Waals surface area contributed by atoms with Crippen molar-refractivity contribution < 1.29 is 9.53 Å². The second kappa shape index (κ2) is 6.71. The molecular formula is C18H20N4O2S. The SMILES string of the molecule is COc1ncnc(C2CC2)c1-c1nc2c(c(SC)n1)C(=O)CCCC2. The van der Waals surface area contributed by atoms with Gasteiger partial charge in [-0.25, -0.2) is 19.9 Å². The maximum atomic E-state index is 12.5. The lowest BCUT2D eigenvalue weighted by Gasteiger charge is -2.14. The summed E-state index contributed by atoms with van der Waals surface area (Å²) in [6, 6.07) is 0. The van der Waals surface area contributed by atoms with Crippen LogP contribution in [0.5, 0.6) is 5.88 Å². The summed E-state index contributed by atoms with van der Waals surface area (Å²) in [6.07, 6.45) is 8.99. The fraction of sp³-hybridized carbons (Fsp3) is 0.500. The molecule has 0 N–H and O–H groups in total. The maximum absolute atomic E-state index is 12.5.